The Bertz CT molecular complexity index is 379. The maximum atomic E-state index is 11.7. The molecule has 92 valence electrons. The minimum Gasteiger partial charge on any atom is -0.481 e. The van der Waals surface area contributed by atoms with Crippen LogP contribution in [0.15, 0.2) is 11.6 Å². The van der Waals surface area contributed by atoms with Gasteiger partial charge in [0.25, 0.3) is 0 Å². The highest BCUT2D eigenvalue weighted by atomic mass is 16.4. The summed E-state index contributed by atoms with van der Waals surface area (Å²) in [6, 6.07) is 2.00. The van der Waals surface area contributed by atoms with Crippen molar-refractivity contribution in [2.24, 2.45) is 11.8 Å². The van der Waals surface area contributed by atoms with Crippen molar-refractivity contribution >= 4 is 11.8 Å². The van der Waals surface area contributed by atoms with Gasteiger partial charge in [0.05, 0.1) is 17.9 Å². The summed E-state index contributed by atoms with van der Waals surface area (Å²) in [6.07, 6.45) is 5.04. The van der Waals surface area contributed by atoms with Gasteiger partial charge >= 0.3 is 5.97 Å². The average molecular weight is 235 g/mol. The molecule has 0 aromatic carbocycles. The molecule has 1 fully saturated rings. The van der Waals surface area contributed by atoms with Gasteiger partial charge < -0.3 is 5.11 Å². The molecule has 0 aromatic heterocycles. The molecule has 1 aliphatic carbocycles. The molecule has 1 aliphatic rings. The lowest BCUT2D eigenvalue weighted by molar-refractivity contribution is -0.143. The molecule has 17 heavy (non-hydrogen) atoms. The molecule has 0 bridgehead atoms. The third kappa shape index (κ3) is 3.16. The lowest BCUT2D eigenvalue weighted by atomic mass is 9.88. The summed E-state index contributed by atoms with van der Waals surface area (Å²) in [7, 11) is 0. The van der Waals surface area contributed by atoms with Crippen LogP contribution in [0.1, 0.15) is 39.0 Å². The summed E-state index contributed by atoms with van der Waals surface area (Å²) < 4.78 is 0. The first-order valence-corrected chi connectivity index (χ1v) is 5.97. The minimum atomic E-state index is -0.975. The first-order valence-electron chi connectivity index (χ1n) is 5.97. The van der Waals surface area contributed by atoms with E-state index in [0.29, 0.717) is 12.0 Å². The summed E-state index contributed by atoms with van der Waals surface area (Å²) in [5.41, 5.74) is 0.341. The van der Waals surface area contributed by atoms with E-state index in [9.17, 15) is 9.59 Å². The van der Waals surface area contributed by atoms with E-state index in [1.54, 1.807) is 6.08 Å². The van der Waals surface area contributed by atoms with E-state index in [-0.39, 0.29) is 12.2 Å². The summed E-state index contributed by atoms with van der Waals surface area (Å²) in [4.78, 5) is 22.7. The Balaban J connectivity index is 2.86. The van der Waals surface area contributed by atoms with E-state index in [4.69, 9.17) is 10.4 Å². The van der Waals surface area contributed by atoms with Crippen molar-refractivity contribution in [2.75, 3.05) is 0 Å². The van der Waals surface area contributed by atoms with Crippen molar-refractivity contribution in [2.45, 2.75) is 39.0 Å². The Morgan fingerprint density at radius 1 is 1.65 bits per heavy atom. The van der Waals surface area contributed by atoms with Gasteiger partial charge in [-0.25, -0.2) is 0 Å². The highest BCUT2D eigenvalue weighted by molar-refractivity contribution is 5.92. The predicted molar refractivity (Wildman–Crippen MR) is 62.1 cm³/mol. The van der Waals surface area contributed by atoms with E-state index >= 15 is 0 Å². The molecule has 1 N–H and O–H groups in total. The quantitative estimate of drug-likeness (QED) is 0.585. The zero-order valence-electron chi connectivity index (χ0n) is 9.98. The Kier molecular flexibility index (Phi) is 4.89. The number of ketones is 1. The monoisotopic (exact) mass is 235 g/mol. The van der Waals surface area contributed by atoms with Gasteiger partial charge in [-0.1, -0.05) is 25.8 Å². The molecule has 2 atom stereocenters. The number of Topliss-reactive ketones (excluding diaryl/α,β-unsaturated/α-hetero) is 1. The van der Waals surface area contributed by atoms with Crippen LogP contribution in [0.5, 0.6) is 0 Å². The molecule has 0 amide bonds. The molecule has 1 saturated carbocycles. The van der Waals surface area contributed by atoms with Crippen LogP contribution in [0.4, 0.5) is 0 Å². The van der Waals surface area contributed by atoms with Crippen molar-refractivity contribution in [3.8, 4) is 6.07 Å². The Hall–Kier alpha value is -1.63. The number of carboxylic acid groups (broad SMARTS) is 1. The number of aliphatic carboxylic acids is 1. The third-order valence-electron chi connectivity index (χ3n) is 3.15. The Labute approximate surface area is 101 Å². The smallest absolute Gasteiger partial charge is 0.307 e. The molecule has 0 saturated heterocycles. The summed E-state index contributed by atoms with van der Waals surface area (Å²) in [5.74, 6) is -2.51. The Morgan fingerprint density at radius 2 is 2.35 bits per heavy atom. The molecule has 0 radical (unpaired) electrons. The zero-order chi connectivity index (χ0) is 12.8. The van der Waals surface area contributed by atoms with Gasteiger partial charge in [-0.15, -0.1) is 0 Å². The highest BCUT2D eigenvalue weighted by Crippen LogP contribution is 2.34. The summed E-state index contributed by atoms with van der Waals surface area (Å²) >= 11 is 0. The summed E-state index contributed by atoms with van der Waals surface area (Å²) in [6.45, 7) is 2.04. The summed E-state index contributed by atoms with van der Waals surface area (Å²) in [5, 5.41) is 18.1. The van der Waals surface area contributed by atoms with Gasteiger partial charge in [0.15, 0.2) is 0 Å². The number of hydrogen-bond acceptors (Lipinski definition) is 3. The van der Waals surface area contributed by atoms with E-state index in [2.05, 4.69) is 0 Å². The van der Waals surface area contributed by atoms with Gasteiger partial charge in [-0.3, -0.25) is 9.59 Å². The molecule has 4 heteroatoms. The number of allylic oxidation sites excluding steroid dienone is 2. The normalized spacial score (nSPS) is 24.7. The second kappa shape index (κ2) is 6.19. The van der Waals surface area contributed by atoms with Crippen LogP contribution in [-0.4, -0.2) is 16.9 Å². The first-order chi connectivity index (χ1) is 8.11. The second-order valence-corrected chi connectivity index (χ2v) is 4.34. The molecule has 0 aliphatic heterocycles. The number of nitriles is 1. The maximum Gasteiger partial charge on any atom is 0.307 e. The number of unbranched alkanes of at least 4 members (excludes halogenated alkanes) is 2. The molecule has 0 heterocycles. The molecule has 4 nitrogen and oxygen atoms in total. The van der Waals surface area contributed by atoms with Crippen molar-refractivity contribution in [1.82, 2.24) is 0 Å². The van der Waals surface area contributed by atoms with Gasteiger partial charge in [0.2, 0.25) is 0 Å². The fourth-order valence-corrected chi connectivity index (χ4v) is 2.20. The van der Waals surface area contributed by atoms with Gasteiger partial charge in [-0.2, -0.15) is 5.26 Å². The van der Waals surface area contributed by atoms with Crippen molar-refractivity contribution < 1.29 is 14.7 Å². The standard InChI is InChI=1S/C13H17NO3/c1-2-3-4-5-9(8-14)12-10(13(16)17)6-7-11(12)15/h5,10,12H,2-4,6-7H2,1H3,(H,16,17)/b9-5+. The van der Waals surface area contributed by atoms with E-state index in [0.717, 1.165) is 19.3 Å². The largest absolute Gasteiger partial charge is 0.481 e. The van der Waals surface area contributed by atoms with Crippen LogP contribution in [0.25, 0.3) is 0 Å². The fourth-order valence-electron chi connectivity index (χ4n) is 2.20. The first kappa shape index (κ1) is 13.4. The fraction of sp³-hybridized carbons (Fsp3) is 0.615. The van der Waals surface area contributed by atoms with E-state index in [1.807, 2.05) is 13.0 Å². The zero-order valence-corrected chi connectivity index (χ0v) is 9.98. The third-order valence-corrected chi connectivity index (χ3v) is 3.15. The highest BCUT2D eigenvalue weighted by Gasteiger charge is 2.41. The molecule has 2 unspecified atom stereocenters. The van der Waals surface area contributed by atoms with Gasteiger partial charge in [-0.05, 0) is 12.8 Å². The van der Waals surface area contributed by atoms with Crippen molar-refractivity contribution in [3.63, 3.8) is 0 Å². The van der Waals surface area contributed by atoms with E-state index < -0.39 is 17.8 Å². The number of carboxylic acids is 1. The van der Waals surface area contributed by atoms with Crippen LogP contribution >= 0.6 is 0 Å². The molecule has 0 aromatic rings. The minimum absolute atomic E-state index is 0.110. The number of carbonyl (C=O) groups excluding carboxylic acids is 1. The van der Waals surface area contributed by atoms with Crippen LogP contribution in [0.2, 0.25) is 0 Å². The predicted octanol–water partition coefficient (Wildman–Crippen LogP) is 2.31. The lowest BCUT2D eigenvalue weighted by Gasteiger charge is -2.13. The van der Waals surface area contributed by atoms with E-state index in [1.165, 1.54) is 0 Å². The van der Waals surface area contributed by atoms with Crippen LogP contribution < -0.4 is 0 Å². The van der Waals surface area contributed by atoms with Crippen LogP contribution in [0, 0.1) is 23.2 Å². The van der Waals surface area contributed by atoms with Gasteiger partial charge in [0.1, 0.15) is 5.78 Å². The number of nitrogens with zero attached hydrogens (tertiary/aromatic N) is 1. The number of hydrogen-bond donors (Lipinski definition) is 1. The van der Waals surface area contributed by atoms with Crippen LogP contribution in [0.3, 0.4) is 0 Å². The molecular formula is C13H17NO3. The average Bonchev–Trinajstić information content (AvgIpc) is 2.67. The van der Waals surface area contributed by atoms with Gasteiger partial charge in [0, 0.05) is 12.0 Å². The topological polar surface area (TPSA) is 78.2 Å². The molecular weight excluding hydrogens is 218 g/mol. The van der Waals surface area contributed by atoms with Crippen molar-refractivity contribution in [1.29, 1.82) is 5.26 Å². The SMILES string of the molecule is CCCC/C=C(\C#N)C1C(=O)CCC1C(=O)O. The lowest BCUT2D eigenvalue weighted by Crippen LogP contribution is -2.23. The maximum absolute atomic E-state index is 11.7. The van der Waals surface area contributed by atoms with Crippen LogP contribution in [-0.2, 0) is 9.59 Å². The Morgan fingerprint density at radius 3 is 2.88 bits per heavy atom. The number of carbonyl (C=O) groups is 2. The van der Waals surface area contributed by atoms with Crippen molar-refractivity contribution in [3.05, 3.63) is 11.6 Å². The molecule has 0 spiro atoms. The number of rotatable bonds is 5. The molecule has 1 rings (SSSR count). The second-order valence-electron chi connectivity index (χ2n) is 4.34.